The van der Waals surface area contributed by atoms with Gasteiger partial charge in [-0.15, -0.1) is 0 Å². The summed E-state index contributed by atoms with van der Waals surface area (Å²) in [6, 6.07) is 12.5. The van der Waals surface area contributed by atoms with Crippen LogP contribution in [0, 0.1) is 6.92 Å². The van der Waals surface area contributed by atoms with E-state index in [4.69, 9.17) is 11.6 Å². The molecule has 0 heterocycles. The third-order valence-corrected chi connectivity index (χ3v) is 5.54. The summed E-state index contributed by atoms with van der Waals surface area (Å²) in [4.78, 5) is 14.2. The Bertz CT molecular complexity index is 973. The highest BCUT2D eigenvalue weighted by Crippen LogP contribution is 2.27. The number of halogens is 1. The van der Waals surface area contributed by atoms with Crippen molar-refractivity contribution in [2.75, 3.05) is 36.1 Å². The zero-order chi connectivity index (χ0) is 20.9. The molecule has 0 unspecified atom stereocenters. The lowest BCUT2D eigenvalue weighted by atomic mass is 10.2. The number of amides is 1. The maximum atomic E-state index is 12.2. The van der Waals surface area contributed by atoms with Gasteiger partial charge < -0.3 is 4.90 Å². The fraction of sp³-hybridized carbons (Fsp3) is 0.263. The second-order valence-electron chi connectivity index (χ2n) is 6.43. The smallest absolute Gasteiger partial charge is 0.260 e. The Morgan fingerprint density at radius 3 is 2.39 bits per heavy atom. The standard InChI is InChI=1S/C19H23ClN4O3S/c1-14-17(20)6-5-7-18(14)24(28(4,26)27)13-19(25)22-21-12-15-8-10-16(11-9-15)23(2)3/h5-12H,13H2,1-4H3,(H,22,25)/b21-12-. The SMILES string of the molecule is Cc1c(Cl)cccc1N(CC(=O)N/N=C\c1ccc(N(C)C)cc1)S(C)(=O)=O. The first-order chi connectivity index (χ1) is 13.1. The van der Waals surface area contributed by atoms with Gasteiger partial charge in [-0.25, -0.2) is 13.8 Å². The van der Waals surface area contributed by atoms with E-state index >= 15 is 0 Å². The number of hydrogen-bond donors (Lipinski definition) is 1. The molecule has 1 amide bonds. The summed E-state index contributed by atoms with van der Waals surface area (Å²) >= 11 is 6.08. The van der Waals surface area contributed by atoms with Gasteiger partial charge in [-0.2, -0.15) is 5.10 Å². The van der Waals surface area contributed by atoms with E-state index < -0.39 is 22.5 Å². The number of anilines is 2. The minimum Gasteiger partial charge on any atom is -0.378 e. The average molecular weight is 423 g/mol. The molecule has 0 aliphatic carbocycles. The van der Waals surface area contributed by atoms with Crippen LogP contribution in [0.5, 0.6) is 0 Å². The summed E-state index contributed by atoms with van der Waals surface area (Å²) in [5.74, 6) is -0.564. The van der Waals surface area contributed by atoms with Gasteiger partial charge in [0.25, 0.3) is 5.91 Å². The largest absolute Gasteiger partial charge is 0.378 e. The van der Waals surface area contributed by atoms with Gasteiger partial charge in [-0.1, -0.05) is 29.8 Å². The van der Waals surface area contributed by atoms with Crippen molar-refractivity contribution in [1.29, 1.82) is 0 Å². The Morgan fingerprint density at radius 1 is 1.18 bits per heavy atom. The van der Waals surface area contributed by atoms with Crippen molar-refractivity contribution in [3.63, 3.8) is 0 Å². The van der Waals surface area contributed by atoms with E-state index in [-0.39, 0.29) is 0 Å². The molecule has 0 spiro atoms. The highest BCUT2D eigenvalue weighted by molar-refractivity contribution is 7.92. The number of benzene rings is 2. The molecule has 0 aliphatic rings. The first kappa shape index (κ1) is 21.7. The number of hydrazone groups is 1. The van der Waals surface area contributed by atoms with Crippen LogP contribution in [0.2, 0.25) is 5.02 Å². The molecule has 0 fully saturated rings. The molecule has 2 aromatic carbocycles. The van der Waals surface area contributed by atoms with E-state index in [1.807, 2.05) is 43.3 Å². The van der Waals surface area contributed by atoms with Gasteiger partial charge in [0.15, 0.2) is 0 Å². The van der Waals surface area contributed by atoms with E-state index in [0.717, 1.165) is 21.8 Å². The van der Waals surface area contributed by atoms with Gasteiger partial charge in [0, 0.05) is 24.8 Å². The van der Waals surface area contributed by atoms with Gasteiger partial charge in [0.1, 0.15) is 6.54 Å². The number of carbonyl (C=O) groups excluding carboxylic acids is 1. The van der Waals surface area contributed by atoms with Crippen LogP contribution < -0.4 is 14.6 Å². The molecule has 0 aliphatic heterocycles. The van der Waals surface area contributed by atoms with E-state index in [1.165, 1.54) is 6.21 Å². The number of sulfonamides is 1. The Hall–Kier alpha value is -2.58. The van der Waals surface area contributed by atoms with Crippen molar-refractivity contribution in [2.45, 2.75) is 6.92 Å². The number of nitrogens with zero attached hydrogens (tertiary/aromatic N) is 3. The molecule has 0 aromatic heterocycles. The summed E-state index contributed by atoms with van der Waals surface area (Å²) in [5.41, 5.74) is 5.13. The number of rotatable bonds is 7. The number of carbonyl (C=O) groups is 1. The molecule has 150 valence electrons. The predicted octanol–water partition coefficient (Wildman–Crippen LogP) is 2.63. The van der Waals surface area contributed by atoms with Crippen LogP contribution in [0.1, 0.15) is 11.1 Å². The highest BCUT2D eigenvalue weighted by Gasteiger charge is 2.22. The van der Waals surface area contributed by atoms with Crippen molar-refractivity contribution in [1.82, 2.24) is 5.43 Å². The Kier molecular flexibility index (Phi) is 7.04. The quantitative estimate of drug-likeness (QED) is 0.549. The van der Waals surface area contributed by atoms with Gasteiger partial charge >= 0.3 is 0 Å². The molecule has 7 nitrogen and oxygen atoms in total. The Morgan fingerprint density at radius 2 is 1.82 bits per heavy atom. The number of hydrogen-bond acceptors (Lipinski definition) is 5. The molecule has 0 radical (unpaired) electrons. The fourth-order valence-corrected chi connectivity index (χ4v) is 3.53. The van der Waals surface area contributed by atoms with Crippen LogP contribution in [0.15, 0.2) is 47.6 Å². The molecule has 0 atom stereocenters. The molecule has 1 N–H and O–H groups in total. The molecule has 0 saturated carbocycles. The zero-order valence-electron chi connectivity index (χ0n) is 16.2. The fourth-order valence-electron chi connectivity index (χ4n) is 2.45. The number of nitrogens with one attached hydrogen (secondary N) is 1. The zero-order valence-corrected chi connectivity index (χ0v) is 17.8. The lowest BCUT2D eigenvalue weighted by molar-refractivity contribution is -0.119. The van der Waals surface area contributed by atoms with Crippen LogP contribution in [0.25, 0.3) is 0 Å². The van der Waals surface area contributed by atoms with Crippen molar-refractivity contribution >= 4 is 45.1 Å². The first-order valence-electron chi connectivity index (χ1n) is 8.41. The summed E-state index contributed by atoms with van der Waals surface area (Å²) in [6.07, 6.45) is 2.53. The highest BCUT2D eigenvalue weighted by atomic mass is 35.5. The molecule has 28 heavy (non-hydrogen) atoms. The van der Waals surface area contributed by atoms with Crippen LogP contribution >= 0.6 is 11.6 Å². The van der Waals surface area contributed by atoms with Crippen molar-refractivity contribution in [2.24, 2.45) is 5.10 Å². The maximum absolute atomic E-state index is 12.2. The van der Waals surface area contributed by atoms with Gasteiger partial charge in [-0.3, -0.25) is 9.10 Å². The third kappa shape index (κ3) is 5.71. The lowest BCUT2D eigenvalue weighted by Gasteiger charge is -2.23. The normalized spacial score (nSPS) is 11.5. The average Bonchev–Trinajstić information content (AvgIpc) is 2.62. The van der Waals surface area contributed by atoms with Gasteiger partial charge in [0.05, 0.1) is 18.2 Å². The van der Waals surface area contributed by atoms with E-state index in [1.54, 1.807) is 25.1 Å². The monoisotopic (exact) mass is 422 g/mol. The van der Waals surface area contributed by atoms with Crippen LogP contribution in [0.3, 0.4) is 0 Å². The second-order valence-corrected chi connectivity index (χ2v) is 8.75. The maximum Gasteiger partial charge on any atom is 0.260 e. The summed E-state index contributed by atoms with van der Waals surface area (Å²) in [7, 11) is 0.201. The Labute approximate surface area is 170 Å². The first-order valence-corrected chi connectivity index (χ1v) is 10.6. The third-order valence-electron chi connectivity index (χ3n) is 4.01. The van der Waals surface area contributed by atoms with Crippen LogP contribution in [0.4, 0.5) is 11.4 Å². The van der Waals surface area contributed by atoms with Crippen LogP contribution in [-0.4, -0.2) is 47.4 Å². The summed E-state index contributed by atoms with van der Waals surface area (Å²) < 4.78 is 25.4. The van der Waals surface area contributed by atoms with Gasteiger partial charge in [0.2, 0.25) is 10.0 Å². The van der Waals surface area contributed by atoms with E-state index in [0.29, 0.717) is 16.3 Å². The van der Waals surface area contributed by atoms with Gasteiger partial charge in [-0.05, 0) is 42.3 Å². The van der Waals surface area contributed by atoms with Crippen molar-refractivity contribution < 1.29 is 13.2 Å². The van der Waals surface area contributed by atoms with E-state index in [9.17, 15) is 13.2 Å². The van der Waals surface area contributed by atoms with Crippen molar-refractivity contribution in [3.05, 3.63) is 58.6 Å². The summed E-state index contributed by atoms with van der Waals surface area (Å²) in [5, 5.41) is 4.32. The summed E-state index contributed by atoms with van der Waals surface area (Å²) in [6.45, 7) is 1.29. The second kappa shape index (κ2) is 9.07. The lowest BCUT2D eigenvalue weighted by Crippen LogP contribution is -2.39. The molecule has 9 heteroatoms. The molecule has 2 aromatic rings. The van der Waals surface area contributed by atoms with Crippen LogP contribution in [-0.2, 0) is 14.8 Å². The molecular weight excluding hydrogens is 400 g/mol. The molecule has 0 bridgehead atoms. The molecule has 2 rings (SSSR count). The minimum atomic E-state index is -3.69. The Balaban J connectivity index is 2.09. The predicted molar refractivity (Wildman–Crippen MR) is 115 cm³/mol. The topological polar surface area (TPSA) is 82.1 Å². The van der Waals surface area contributed by atoms with Crippen molar-refractivity contribution in [3.8, 4) is 0 Å². The molecule has 0 saturated heterocycles. The molecular formula is C19H23ClN4O3S. The van der Waals surface area contributed by atoms with E-state index in [2.05, 4.69) is 10.5 Å². The minimum absolute atomic E-state index is 0.355.